The van der Waals surface area contributed by atoms with Crippen LogP contribution in [0.2, 0.25) is 0 Å². The number of rotatable bonds is 4. The molecule has 2 heterocycles. The van der Waals surface area contributed by atoms with Gasteiger partial charge in [0, 0.05) is 6.20 Å². The zero-order valence-electron chi connectivity index (χ0n) is 14.9. The zero-order chi connectivity index (χ0) is 18.1. The molecule has 0 amide bonds. The molecule has 0 fully saturated rings. The molecule has 2 aromatic heterocycles. The molecule has 0 unspecified atom stereocenters. The highest BCUT2D eigenvalue weighted by molar-refractivity contribution is 5.85. The first-order valence-electron chi connectivity index (χ1n) is 8.13. The van der Waals surface area contributed by atoms with E-state index in [1.807, 2.05) is 65.2 Å². The molecule has 0 saturated carbocycles. The fourth-order valence-corrected chi connectivity index (χ4v) is 2.99. The SMILES string of the molecule is COc1ccc(-c2ccc3nnc(-c4ccccc4OC)n3c2)cc1N.Cl. The summed E-state index contributed by atoms with van der Waals surface area (Å²) in [5, 5.41) is 8.61. The number of hydrogen-bond acceptors (Lipinski definition) is 5. The Morgan fingerprint density at radius 3 is 2.33 bits per heavy atom. The number of anilines is 1. The summed E-state index contributed by atoms with van der Waals surface area (Å²) in [5.41, 5.74) is 10.3. The molecule has 0 atom stereocenters. The van der Waals surface area contributed by atoms with Crippen LogP contribution >= 0.6 is 12.4 Å². The van der Waals surface area contributed by atoms with Crippen molar-refractivity contribution in [2.45, 2.75) is 0 Å². The average molecular weight is 383 g/mol. The Bertz CT molecular complexity index is 1090. The normalized spacial score (nSPS) is 10.4. The monoisotopic (exact) mass is 382 g/mol. The summed E-state index contributed by atoms with van der Waals surface area (Å²) in [5.74, 6) is 2.13. The van der Waals surface area contributed by atoms with Crippen molar-refractivity contribution >= 4 is 23.7 Å². The number of fused-ring (bicyclic) bond motifs is 1. The number of hydrogen-bond donors (Lipinski definition) is 1. The van der Waals surface area contributed by atoms with Crippen LogP contribution in [0.25, 0.3) is 28.2 Å². The molecule has 0 aliphatic carbocycles. The fraction of sp³-hybridized carbons (Fsp3) is 0.100. The van der Waals surface area contributed by atoms with Crippen molar-refractivity contribution < 1.29 is 9.47 Å². The number of ether oxygens (including phenoxy) is 2. The van der Waals surface area contributed by atoms with E-state index in [-0.39, 0.29) is 12.4 Å². The largest absolute Gasteiger partial charge is 0.496 e. The molecular weight excluding hydrogens is 364 g/mol. The third-order valence-electron chi connectivity index (χ3n) is 4.31. The number of aromatic nitrogens is 3. The molecule has 0 aliphatic rings. The van der Waals surface area contributed by atoms with E-state index < -0.39 is 0 Å². The highest BCUT2D eigenvalue weighted by Gasteiger charge is 2.13. The van der Waals surface area contributed by atoms with E-state index in [0.717, 1.165) is 33.9 Å². The second-order valence-electron chi connectivity index (χ2n) is 5.83. The minimum atomic E-state index is 0. The van der Waals surface area contributed by atoms with Gasteiger partial charge in [-0.3, -0.25) is 4.40 Å². The standard InChI is InChI=1S/C20H18N4O2.ClH/c1-25-17-6-4-3-5-15(17)20-23-22-19-10-8-14(12-24(19)20)13-7-9-18(26-2)16(21)11-13;/h3-12H,21H2,1-2H3;1H. The number of para-hydroxylation sites is 1. The molecule has 2 aromatic carbocycles. The molecule has 4 rings (SSSR count). The highest BCUT2D eigenvalue weighted by atomic mass is 35.5. The molecule has 2 N–H and O–H groups in total. The van der Waals surface area contributed by atoms with Gasteiger partial charge in [-0.05, 0) is 47.5 Å². The number of nitrogen functional groups attached to an aromatic ring is 1. The minimum absolute atomic E-state index is 0. The zero-order valence-corrected chi connectivity index (χ0v) is 15.7. The van der Waals surface area contributed by atoms with Gasteiger partial charge in [-0.2, -0.15) is 0 Å². The second-order valence-corrected chi connectivity index (χ2v) is 5.83. The lowest BCUT2D eigenvalue weighted by atomic mass is 10.1. The Morgan fingerprint density at radius 1 is 0.852 bits per heavy atom. The van der Waals surface area contributed by atoms with Crippen molar-refractivity contribution in [3.8, 4) is 34.0 Å². The van der Waals surface area contributed by atoms with Crippen molar-refractivity contribution in [3.63, 3.8) is 0 Å². The second kappa shape index (κ2) is 7.55. The lowest BCUT2D eigenvalue weighted by Crippen LogP contribution is -1.95. The molecular formula is C20H19ClN4O2. The Balaban J connectivity index is 0.00000210. The maximum absolute atomic E-state index is 6.05. The molecule has 6 nitrogen and oxygen atoms in total. The van der Waals surface area contributed by atoms with Crippen molar-refractivity contribution in [1.82, 2.24) is 14.6 Å². The maximum atomic E-state index is 6.05. The van der Waals surface area contributed by atoms with E-state index in [1.165, 1.54) is 0 Å². The third kappa shape index (κ3) is 3.27. The lowest BCUT2D eigenvalue weighted by Gasteiger charge is -2.09. The van der Waals surface area contributed by atoms with Gasteiger partial charge >= 0.3 is 0 Å². The number of nitrogens with two attached hydrogens (primary N) is 1. The molecule has 0 aliphatic heterocycles. The van der Waals surface area contributed by atoms with Crippen molar-refractivity contribution in [3.05, 3.63) is 60.8 Å². The predicted octanol–water partition coefficient (Wildman–Crippen LogP) is 4.08. The quantitative estimate of drug-likeness (QED) is 0.538. The van der Waals surface area contributed by atoms with Gasteiger partial charge in [0.05, 0.1) is 25.5 Å². The van der Waals surface area contributed by atoms with Gasteiger partial charge in [0.1, 0.15) is 11.5 Å². The van der Waals surface area contributed by atoms with E-state index in [2.05, 4.69) is 10.2 Å². The summed E-state index contributed by atoms with van der Waals surface area (Å²) in [6, 6.07) is 17.4. The van der Waals surface area contributed by atoms with E-state index in [4.69, 9.17) is 15.2 Å². The van der Waals surface area contributed by atoms with Crippen LogP contribution in [0.15, 0.2) is 60.8 Å². The average Bonchev–Trinajstić information content (AvgIpc) is 3.10. The maximum Gasteiger partial charge on any atom is 0.172 e. The molecule has 0 saturated heterocycles. The number of nitrogens with zero attached hydrogens (tertiary/aromatic N) is 3. The molecule has 27 heavy (non-hydrogen) atoms. The summed E-state index contributed by atoms with van der Waals surface area (Å²) < 4.78 is 12.6. The highest BCUT2D eigenvalue weighted by Crippen LogP contribution is 2.31. The van der Waals surface area contributed by atoms with Crippen molar-refractivity contribution in [2.24, 2.45) is 0 Å². The van der Waals surface area contributed by atoms with E-state index >= 15 is 0 Å². The van der Waals surface area contributed by atoms with Gasteiger partial charge in [-0.15, -0.1) is 22.6 Å². The van der Waals surface area contributed by atoms with Gasteiger partial charge in [-0.25, -0.2) is 0 Å². The number of pyridine rings is 1. The van der Waals surface area contributed by atoms with Crippen molar-refractivity contribution in [2.75, 3.05) is 20.0 Å². The summed E-state index contributed by atoms with van der Waals surface area (Å²) in [7, 11) is 3.25. The summed E-state index contributed by atoms with van der Waals surface area (Å²) in [6.45, 7) is 0. The Hall–Kier alpha value is -3.25. The summed E-state index contributed by atoms with van der Waals surface area (Å²) in [4.78, 5) is 0. The number of methoxy groups -OCH3 is 2. The van der Waals surface area contributed by atoms with Crippen LogP contribution in [0.3, 0.4) is 0 Å². The summed E-state index contributed by atoms with van der Waals surface area (Å²) >= 11 is 0. The van der Waals surface area contributed by atoms with Gasteiger partial charge < -0.3 is 15.2 Å². The van der Waals surface area contributed by atoms with Crippen LogP contribution in [-0.2, 0) is 0 Å². The first kappa shape index (κ1) is 18.5. The van der Waals surface area contributed by atoms with E-state index in [0.29, 0.717) is 11.4 Å². The summed E-state index contributed by atoms with van der Waals surface area (Å²) in [6.07, 6.45) is 2.00. The lowest BCUT2D eigenvalue weighted by molar-refractivity contribution is 0.416. The van der Waals surface area contributed by atoms with E-state index in [9.17, 15) is 0 Å². The van der Waals surface area contributed by atoms with Crippen LogP contribution < -0.4 is 15.2 Å². The topological polar surface area (TPSA) is 74.7 Å². The molecule has 138 valence electrons. The van der Waals surface area contributed by atoms with Crippen molar-refractivity contribution in [1.29, 1.82) is 0 Å². The van der Waals surface area contributed by atoms with Gasteiger partial charge in [0.2, 0.25) is 0 Å². The Kier molecular flexibility index (Phi) is 5.19. The van der Waals surface area contributed by atoms with Gasteiger partial charge in [0.15, 0.2) is 11.5 Å². The van der Waals surface area contributed by atoms with Gasteiger partial charge in [-0.1, -0.05) is 18.2 Å². The predicted molar refractivity (Wildman–Crippen MR) is 109 cm³/mol. The third-order valence-corrected chi connectivity index (χ3v) is 4.31. The van der Waals surface area contributed by atoms with Crippen LogP contribution in [0, 0.1) is 0 Å². The number of halogens is 1. The van der Waals surface area contributed by atoms with Crippen LogP contribution in [0.1, 0.15) is 0 Å². The molecule has 0 bridgehead atoms. The molecule has 0 radical (unpaired) electrons. The minimum Gasteiger partial charge on any atom is -0.496 e. The van der Waals surface area contributed by atoms with Crippen LogP contribution in [0.5, 0.6) is 11.5 Å². The van der Waals surface area contributed by atoms with Crippen LogP contribution in [0.4, 0.5) is 5.69 Å². The first-order chi connectivity index (χ1) is 12.7. The van der Waals surface area contributed by atoms with Crippen LogP contribution in [-0.4, -0.2) is 28.8 Å². The fourth-order valence-electron chi connectivity index (χ4n) is 2.99. The van der Waals surface area contributed by atoms with Gasteiger partial charge in [0.25, 0.3) is 0 Å². The molecule has 4 aromatic rings. The molecule has 7 heteroatoms. The van der Waals surface area contributed by atoms with E-state index in [1.54, 1.807) is 14.2 Å². The Labute approximate surface area is 163 Å². The first-order valence-corrected chi connectivity index (χ1v) is 8.13. The smallest absolute Gasteiger partial charge is 0.172 e. The molecule has 0 spiro atoms. The Morgan fingerprint density at radius 2 is 1.59 bits per heavy atom. The number of benzene rings is 2.